The average molecular weight is 176 g/mol. The summed E-state index contributed by atoms with van der Waals surface area (Å²) in [6, 6.07) is -0.0463. The SMILES string of the molecule is CC.CC.CC.O=C1NCCN1. The Labute approximate surface area is 76.9 Å². The Morgan fingerprint density at radius 3 is 1.17 bits per heavy atom. The second-order valence-corrected chi connectivity index (χ2v) is 1.18. The molecule has 0 saturated carbocycles. The summed E-state index contributed by atoms with van der Waals surface area (Å²) in [4.78, 5) is 10.0. The molecule has 1 aliphatic rings. The lowest BCUT2D eigenvalue weighted by Crippen LogP contribution is -2.20. The van der Waals surface area contributed by atoms with Crippen LogP contribution in [0.4, 0.5) is 4.79 Å². The van der Waals surface area contributed by atoms with E-state index < -0.39 is 0 Å². The number of hydrogen-bond donors (Lipinski definition) is 2. The van der Waals surface area contributed by atoms with Crippen LogP contribution in [-0.4, -0.2) is 19.1 Å². The first-order valence-electron chi connectivity index (χ1n) is 4.91. The molecule has 76 valence electrons. The highest BCUT2D eigenvalue weighted by Gasteiger charge is 2.02. The summed E-state index contributed by atoms with van der Waals surface area (Å²) in [5.74, 6) is 0. The van der Waals surface area contributed by atoms with Gasteiger partial charge in [0.15, 0.2) is 0 Å². The minimum Gasteiger partial charge on any atom is -0.336 e. The smallest absolute Gasteiger partial charge is 0.314 e. The highest BCUT2D eigenvalue weighted by molar-refractivity contribution is 5.75. The van der Waals surface area contributed by atoms with Crippen molar-refractivity contribution < 1.29 is 4.79 Å². The van der Waals surface area contributed by atoms with E-state index in [0.717, 1.165) is 13.1 Å². The zero-order valence-electron chi connectivity index (χ0n) is 9.32. The van der Waals surface area contributed by atoms with Gasteiger partial charge in [-0.05, 0) is 0 Å². The van der Waals surface area contributed by atoms with Crippen molar-refractivity contribution in [2.75, 3.05) is 13.1 Å². The molecular formula is C9H24N2O. The summed E-state index contributed by atoms with van der Waals surface area (Å²) in [5.41, 5.74) is 0. The molecule has 0 aromatic heterocycles. The lowest BCUT2D eigenvalue weighted by molar-refractivity contribution is 0.248. The number of carbonyl (C=O) groups excluding carboxylic acids is 1. The van der Waals surface area contributed by atoms with E-state index in [1.807, 2.05) is 41.5 Å². The Morgan fingerprint density at radius 1 is 0.833 bits per heavy atom. The van der Waals surface area contributed by atoms with Gasteiger partial charge in [-0.3, -0.25) is 0 Å². The molecule has 0 unspecified atom stereocenters. The zero-order chi connectivity index (χ0) is 10.4. The fraction of sp³-hybridized carbons (Fsp3) is 0.889. The minimum absolute atomic E-state index is 0.0463. The molecule has 1 aliphatic heterocycles. The van der Waals surface area contributed by atoms with Crippen LogP contribution >= 0.6 is 0 Å². The van der Waals surface area contributed by atoms with E-state index in [1.165, 1.54) is 0 Å². The van der Waals surface area contributed by atoms with Gasteiger partial charge >= 0.3 is 6.03 Å². The maximum Gasteiger partial charge on any atom is 0.314 e. The van der Waals surface area contributed by atoms with Gasteiger partial charge in [-0.25, -0.2) is 4.79 Å². The quantitative estimate of drug-likeness (QED) is 0.584. The Morgan fingerprint density at radius 2 is 1.08 bits per heavy atom. The molecule has 0 aliphatic carbocycles. The van der Waals surface area contributed by atoms with Gasteiger partial charge in [0.1, 0.15) is 0 Å². The summed E-state index contributed by atoms with van der Waals surface area (Å²) in [7, 11) is 0. The van der Waals surface area contributed by atoms with Crippen molar-refractivity contribution in [1.82, 2.24) is 10.6 Å². The molecule has 0 bridgehead atoms. The van der Waals surface area contributed by atoms with E-state index in [9.17, 15) is 4.79 Å². The molecule has 1 heterocycles. The van der Waals surface area contributed by atoms with E-state index in [1.54, 1.807) is 0 Å². The molecule has 0 radical (unpaired) electrons. The molecule has 3 nitrogen and oxygen atoms in total. The molecular weight excluding hydrogens is 152 g/mol. The van der Waals surface area contributed by atoms with Crippen molar-refractivity contribution >= 4 is 6.03 Å². The number of amides is 2. The molecule has 2 N–H and O–H groups in total. The van der Waals surface area contributed by atoms with Gasteiger partial charge in [0.05, 0.1) is 0 Å². The van der Waals surface area contributed by atoms with Gasteiger partial charge in [-0.2, -0.15) is 0 Å². The molecule has 1 rings (SSSR count). The third-order valence-corrected chi connectivity index (χ3v) is 0.696. The molecule has 2 amide bonds. The Balaban J connectivity index is -0.000000117. The largest absolute Gasteiger partial charge is 0.336 e. The van der Waals surface area contributed by atoms with Crippen molar-refractivity contribution in [2.45, 2.75) is 41.5 Å². The van der Waals surface area contributed by atoms with Gasteiger partial charge in [0.2, 0.25) is 0 Å². The monoisotopic (exact) mass is 176 g/mol. The fourth-order valence-corrected chi connectivity index (χ4v) is 0.415. The van der Waals surface area contributed by atoms with Crippen LogP contribution in [-0.2, 0) is 0 Å². The predicted octanol–water partition coefficient (Wildman–Crippen LogP) is 2.38. The molecule has 3 heteroatoms. The van der Waals surface area contributed by atoms with Crippen molar-refractivity contribution in [3.8, 4) is 0 Å². The highest BCUT2D eigenvalue weighted by atomic mass is 16.2. The first kappa shape index (κ1) is 17.4. The van der Waals surface area contributed by atoms with Gasteiger partial charge < -0.3 is 10.6 Å². The number of nitrogens with one attached hydrogen (secondary N) is 2. The topological polar surface area (TPSA) is 41.1 Å². The van der Waals surface area contributed by atoms with Gasteiger partial charge in [-0.15, -0.1) is 0 Å². The molecule has 1 saturated heterocycles. The summed E-state index contributed by atoms with van der Waals surface area (Å²) < 4.78 is 0. The average Bonchev–Trinajstić information content (AvgIpc) is 2.66. The van der Waals surface area contributed by atoms with Gasteiger partial charge in [-0.1, -0.05) is 41.5 Å². The van der Waals surface area contributed by atoms with Crippen molar-refractivity contribution in [3.63, 3.8) is 0 Å². The van der Waals surface area contributed by atoms with E-state index in [4.69, 9.17) is 0 Å². The summed E-state index contributed by atoms with van der Waals surface area (Å²) in [6.45, 7) is 13.6. The highest BCUT2D eigenvalue weighted by Crippen LogP contribution is 1.69. The third kappa shape index (κ3) is 16.1. The van der Waals surface area contributed by atoms with Crippen molar-refractivity contribution in [3.05, 3.63) is 0 Å². The van der Waals surface area contributed by atoms with Crippen LogP contribution < -0.4 is 10.6 Å². The second kappa shape index (κ2) is 22.4. The van der Waals surface area contributed by atoms with E-state index >= 15 is 0 Å². The van der Waals surface area contributed by atoms with Crippen LogP contribution in [0, 0.1) is 0 Å². The standard InChI is InChI=1S/C3H6N2O.3C2H6/c6-3-4-1-2-5-3;3*1-2/h1-2H2,(H2,4,5,6);3*1-2H3. The number of urea groups is 1. The van der Waals surface area contributed by atoms with Crippen molar-refractivity contribution in [2.24, 2.45) is 0 Å². The Bertz CT molecular complexity index is 66.9. The number of rotatable bonds is 0. The van der Waals surface area contributed by atoms with Crippen LogP contribution in [0.3, 0.4) is 0 Å². The summed E-state index contributed by atoms with van der Waals surface area (Å²) >= 11 is 0. The van der Waals surface area contributed by atoms with Crippen LogP contribution in [0.15, 0.2) is 0 Å². The van der Waals surface area contributed by atoms with Gasteiger partial charge in [0, 0.05) is 13.1 Å². The molecule has 1 fully saturated rings. The van der Waals surface area contributed by atoms with Crippen LogP contribution in [0.5, 0.6) is 0 Å². The Hall–Kier alpha value is -0.730. The van der Waals surface area contributed by atoms with Crippen molar-refractivity contribution in [1.29, 1.82) is 0 Å². The minimum atomic E-state index is -0.0463. The van der Waals surface area contributed by atoms with Gasteiger partial charge in [0.25, 0.3) is 0 Å². The zero-order valence-corrected chi connectivity index (χ0v) is 9.32. The maximum absolute atomic E-state index is 10.0. The normalized spacial score (nSPS) is 11.3. The first-order chi connectivity index (χ1) is 5.89. The number of hydrogen-bond acceptors (Lipinski definition) is 1. The van der Waals surface area contributed by atoms with E-state index in [2.05, 4.69) is 10.6 Å². The first-order valence-corrected chi connectivity index (χ1v) is 4.91. The van der Waals surface area contributed by atoms with E-state index in [0.29, 0.717) is 0 Å². The van der Waals surface area contributed by atoms with Crippen LogP contribution in [0.2, 0.25) is 0 Å². The van der Waals surface area contributed by atoms with Crippen LogP contribution in [0.25, 0.3) is 0 Å². The lowest BCUT2D eigenvalue weighted by Gasteiger charge is -1.80. The Kier molecular flexibility index (Phi) is 32.5. The molecule has 12 heavy (non-hydrogen) atoms. The molecule has 0 aromatic carbocycles. The molecule has 0 aromatic rings. The summed E-state index contributed by atoms with van der Waals surface area (Å²) in [6.07, 6.45) is 0. The predicted molar refractivity (Wildman–Crippen MR) is 55.4 cm³/mol. The number of carbonyl (C=O) groups is 1. The second-order valence-electron chi connectivity index (χ2n) is 1.18. The third-order valence-electron chi connectivity index (χ3n) is 0.696. The summed E-state index contributed by atoms with van der Waals surface area (Å²) in [5, 5.41) is 5.14. The molecule has 0 spiro atoms. The fourth-order valence-electron chi connectivity index (χ4n) is 0.415. The lowest BCUT2D eigenvalue weighted by atomic mass is 10.7. The van der Waals surface area contributed by atoms with E-state index in [-0.39, 0.29) is 6.03 Å². The maximum atomic E-state index is 10.0. The molecule has 0 atom stereocenters. The van der Waals surface area contributed by atoms with Crippen LogP contribution in [0.1, 0.15) is 41.5 Å².